The number of nitrogens with one attached hydrogen (secondary N) is 1. The SMILES string of the molecule is Cn1ncnc1CN[C@@H](c1ccccc1)c1ccc(Cl)c(Cl)c1. The van der Waals surface area contributed by atoms with Gasteiger partial charge in [0.15, 0.2) is 0 Å². The van der Waals surface area contributed by atoms with Crippen molar-refractivity contribution in [3.05, 3.63) is 81.9 Å². The average Bonchev–Trinajstić information content (AvgIpc) is 2.97. The van der Waals surface area contributed by atoms with Crippen LogP contribution in [0.1, 0.15) is 23.0 Å². The summed E-state index contributed by atoms with van der Waals surface area (Å²) >= 11 is 12.2. The van der Waals surface area contributed by atoms with E-state index in [-0.39, 0.29) is 6.04 Å². The van der Waals surface area contributed by atoms with E-state index in [1.54, 1.807) is 11.0 Å². The summed E-state index contributed by atoms with van der Waals surface area (Å²) in [5.41, 5.74) is 2.20. The molecular formula is C17H16Cl2N4. The molecule has 1 atom stereocenters. The van der Waals surface area contributed by atoms with Gasteiger partial charge in [-0.1, -0.05) is 59.6 Å². The lowest BCUT2D eigenvalue weighted by Gasteiger charge is -2.20. The Morgan fingerprint density at radius 3 is 2.48 bits per heavy atom. The van der Waals surface area contributed by atoms with Crippen LogP contribution in [0, 0.1) is 0 Å². The second-order valence-electron chi connectivity index (χ2n) is 5.20. The zero-order chi connectivity index (χ0) is 16.2. The van der Waals surface area contributed by atoms with Crippen molar-refractivity contribution in [3.8, 4) is 0 Å². The fourth-order valence-electron chi connectivity index (χ4n) is 2.44. The van der Waals surface area contributed by atoms with Crippen molar-refractivity contribution in [2.75, 3.05) is 0 Å². The highest BCUT2D eigenvalue weighted by Gasteiger charge is 2.15. The summed E-state index contributed by atoms with van der Waals surface area (Å²) in [5, 5.41) is 8.71. The third-order valence-corrected chi connectivity index (χ3v) is 4.42. The molecule has 0 aliphatic rings. The highest BCUT2D eigenvalue weighted by atomic mass is 35.5. The second kappa shape index (κ2) is 7.13. The third kappa shape index (κ3) is 3.72. The molecule has 0 aliphatic heterocycles. The Balaban J connectivity index is 1.90. The van der Waals surface area contributed by atoms with Crippen LogP contribution in [-0.4, -0.2) is 14.8 Å². The number of rotatable bonds is 5. The van der Waals surface area contributed by atoms with E-state index in [9.17, 15) is 0 Å². The van der Waals surface area contributed by atoms with Gasteiger partial charge >= 0.3 is 0 Å². The normalized spacial score (nSPS) is 12.3. The number of hydrogen-bond donors (Lipinski definition) is 1. The predicted octanol–water partition coefficient (Wildman–Crippen LogP) is 4.00. The molecule has 0 aliphatic carbocycles. The number of benzene rings is 2. The van der Waals surface area contributed by atoms with Crippen LogP contribution in [-0.2, 0) is 13.6 Å². The van der Waals surface area contributed by atoms with Crippen molar-refractivity contribution in [3.63, 3.8) is 0 Å². The largest absolute Gasteiger partial charge is 0.299 e. The van der Waals surface area contributed by atoms with Gasteiger partial charge in [-0.2, -0.15) is 5.10 Å². The van der Waals surface area contributed by atoms with E-state index in [2.05, 4.69) is 27.5 Å². The Hall–Kier alpha value is -1.88. The molecule has 1 N–H and O–H groups in total. The van der Waals surface area contributed by atoms with Gasteiger partial charge < -0.3 is 0 Å². The second-order valence-corrected chi connectivity index (χ2v) is 6.01. The van der Waals surface area contributed by atoms with E-state index in [0.29, 0.717) is 16.6 Å². The van der Waals surface area contributed by atoms with Gasteiger partial charge in [0, 0.05) is 7.05 Å². The maximum Gasteiger partial charge on any atom is 0.140 e. The standard InChI is InChI=1S/C17H16Cl2N4/c1-23-16(21-11-22-23)10-20-17(12-5-3-2-4-6-12)13-7-8-14(18)15(19)9-13/h2-9,11,17,20H,10H2,1H3/t17-/m0/s1. The zero-order valence-electron chi connectivity index (χ0n) is 12.6. The summed E-state index contributed by atoms with van der Waals surface area (Å²) in [6.45, 7) is 0.594. The molecule has 1 aromatic heterocycles. The van der Waals surface area contributed by atoms with E-state index < -0.39 is 0 Å². The molecule has 0 bridgehead atoms. The lowest BCUT2D eigenvalue weighted by molar-refractivity contribution is 0.562. The Morgan fingerprint density at radius 2 is 1.83 bits per heavy atom. The summed E-state index contributed by atoms with van der Waals surface area (Å²) in [4.78, 5) is 4.25. The minimum Gasteiger partial charge on any atom is -0.299 e. The number of nitrogens with zero attached hydrogens (tertiary/aromatic N) is 3. The summed E-state index contributed by atoms with van der Waals surface area (Å²) in [5.74, 6) is 0.867. The Bertz CT molecular complexity index is 786. The predicted molar refractivity (Wildman–Crippen MR) is 92.6 cm³/mol. The molecule has 23 heavy (non-hydrogen) atoms. The van der Waals surface area contributed by atoms with Crippen LogP contribution in [0.5, 0.6) is 0 Å². The fraction of sp³-hybridized carbons (Fsp3) is 0.176. The van der Waals surface area contributed by atoms with Crippen molar-refractivity contribution >= 4 is 23.2 Å². The van der Waals surface area contributed by atoms with Gasteiger partial charge in [-0.15, -0.1) is 0 Å². The maximum absolute atomic E-state index is 6.18. The van der Waals surface area contributed by atoms with Crippen molar-refractivity contribution in [1.29, 1.82) is 0 Å². The molecule has 4 nitrogen and oxygen atoms in total. The Kier molecular flexibility index (Phi) is 4.96. The molecule has 0 fully saturated rings. The van der Waals surface area contributed by atoms with Crippen LogP contribution in [0.3, 0.4) is 0 Å². The maximum atomic E-state index is 6.18. The van der Waals surface area contributed by atoms with Crippen LogP contribution < -0.4 is 5.32 Å². The smallest absolute Gasteiger partial charge is 0.140 e. The molecule has 0 unspecified atom stereocenters. The van der Waals surface area contributed by atoms with Crippen molar-refractivity contribution in [1.82, 2.24) is 20.1 Å². The van der Waals surface area contributed by atoms with Crippen LogP contribution in [0.25, 0.3) is 0 Å². The number of aromatic nitrogens is 3. The van der Waals surface area contributed by atoms with E-state index in [1.165, 1.54) is 0 Å². The molecule has 0 saturated carbocycles. The first-order chi connectivity index (χ1) is 11.1. The summed E-state index contributed by atoms with van der Waals surface area (Å²) < 4.78 is 1.75. The van der Waals surface area contributed by atoms with Crippen LogP contribution in [0.4, 0.5) is 0 Å². The molecular weight excluding hydrogens is 331 g/mol. The molecule has 0 spiro atoms. The quantitative estimate of drug-likeness (QED) is 0.759. The van der Waals surface area contributed by atoms with Crippen molar-refractivity contribution in [2.45, 2.75) is 12.6 Å². The number of hydrogen-bond acceptors (Lipinski definition) is 3. The first-order valence-corrected chi connectivity index (χ1v) is 7.97. The highest BCUT2D eigenvalue weighted by Crippen LogP contribution is 2.29. The van der Waals surface area contributed by atoms with Gasteiger partial charge in [-0.05, 0) is 23.3 Å². The van der Waals surface area contributed by atoms with E-state index in [4.69, 9.17) is 23.2 Å². The minimum atomic E-state index is -0.0114. The first-order valence-electron chi connectivity index (χ1n) is 7.21. The van der Waals surface area contributed by atoms with Gasteiger partial charge in [-0.3, -0.25) is 10.00 Å². The fourth-order valence-corrected chi connectivity index (χ4v) is 2.75. The first kappa shape index (κ1) is 16.0. The van der Waals surface area contributed by atoms with Crippen molar-refractivity contribution < 1.29 is 0 Å². The van der Waals surface area contributed by atoms with Gasteiger partial charge in [0.25, 0.3) is 0 Å². The van der Waals surface area contributed by atoms with Gasteiger partial charge in [0.2, 0.25) is 0 Å². The monoisotopic (exact) mass is 346 g/mol. The summed E-state index contributed by atoms with van der Waals surface area (Å²) in [7, 11) is 1.88. The van der Waals surface area contributed by atoms with E-state index >= 15 is 0 Å². The minimum absolute atomic E-state index is 0.0114. The summed E-state index contributed by atoms with van der Waals surface area (Å²) in [6.07, 6.45) is 1.55. The molecule has 0 radical (unpaired) electrons. The topological polar surface area (TPSA) is 42.7 Å². The summed E-state index contributed by atoms with van der Waals surface area (Å²) in [6, 6.07) is 15.9. The van der Waals surface area contributed by atoms with Gasteiger partial charge in [0.05, 0.1) is 22.6 Å². The molecule has 118 valence electrons. The zero-order valence-corrected chi connectivity index (χ0v) is 14.1. The molecule has 3 aromatic rings. The van der Waals surface area contributed by atoms with Gasteiger partial charge in [0.1, 0.15) is 12.2 Å². The lowest BCUT2D eigenvalue weighted by atomic mass is 9.98. The van der Waals surface area contributed by atoms with E-state index in [1.807, 2.05) is 43.4 Å². The highest BCUT2D eigenvalue weighted by molar-refractivity contribution is 6.42. The Labute approximate surface area is 145 Å². The third-order valence-electron chi connectivity index (χ3n) is 3.68. The average molecular weight is 347 g/mol. The lowest BCUT2D eigenvalue weighted by Crippen LogP contribution is -2.23. The van der Waals surface area contributed by atoms with Crippen molar-refractivity contribution in [2.24, 2.45) is 7.05 Å². The van der Waals surface area contributed by atoms with Crippen LogP contribution >= 0.6 is 23.2 Å². The molecule has 6 heteroatoms. The number of aryl methyl sites for hydroxylation is 1. The molecule has 2 aromatic carbocycles. The Morgan fingerprint density at radius 1 is 1.04 bits per heavy atom. The molecule has 0 saturated heterocycles. The molecule has 0 amide bonds. The van der Waals surface area contributed by atoms with Crippen LogP contribution in [0.2, 0.25) is 10.0 Å². The van der Waals surface area contributed by atoms with Gasteiger partial charge in [-0.25, -0.2) is 4.98 Å². The van der Waals surface area contributed by atoms with E-state index in [0.717, 1.165) is 17.0 Å². The molecule has 1 heterocycles. The number of halogens is 2. The molecule has 3 rings (SSSR count). The van der Waals surface area contributed by atoms with Crippen LogP contribution in [0.15, 0.2) is 54.9 Å².